The van der Waals surface area contributed by atoms with Gasteiger partial charge in [0, 0.05) is 12.5 Å². The number of hydrogen-bond donors (Lipinski definition) is 1. The lowest BCUT2D eigenvalue weighted by Gasteiger charge is -2.16. The number of carbonyl (C=O) groups is 1. The lowest BCUT2D eigenvalue weighted by molar-refractivity contribution is -0.145. The summed E-state index contributed by atoms with van der Waals surface area (Å²) in [5.41, 5.74) is 3.17. The number of aliphatic carboxylic acids is 1. The predicted molar refractivity (Wildman–Crippen MR) is 84.7 cm³/mol. The Labute approximate surface area is 130 Å². The Balaban J connectivity index is 2.17. The fourth-order valence-electron chi connectivity index (χ4n) is 2.42. The summed E-state index contributed by atoms with van der Waals surface area (Å²) in [6, 6.07) is 13.0. The van der Waals surface area contributed by atoms with Gasteiger partial charge in [-0.15, -0.1) is 0 Å². The molecule has 0 spiro atoms. The Hall–Kier alpha value is -2.49. The molecule has 4 heteroatoms. The molecular weight excluding hydrogens is 280 g/mol. The highest BCUT2D eigenvalue weighted by molar-refractivity contribution is 5.73. The Kier molecular flexibility index (Phi) is 5.04. The van der Waals surface area contributed by atoms with Gasteiger partial charge in [-0.05, 0) is 31.5 Å². The summed E-state index contributed by atoms with van der Waals surface area (Å²) in [7, 11) is 1.56. The fraction of sp³-hybridized carbons (Fsp3) is 0.278. The molecule has 22 heavy (non-hydrogen) atoms. The lowest BCUT2D eigenvalue weighted by Crippen LogP contribution is -2.29. The van der Waals surface area contributed by atoms with Gasteiger partial charge in [0.25, 0.3) is 0 Å². The smallest absolute Gasteiger partial charge is 0.345 e. The van der Waals surface area contributed by atoms with Crippen molar-refractivity contribution in [3.8, 4) is 11.5 Å². The molecule has 2 aromatic rings. The second-order valence-corrected chi connectivity index (χ2v) is 5.32. The van der Waals surface area contributed by atoms with Crippen molar-refractivity contribution in [2.45, 2.75) is 26.4 Å². The van der Waals surface area contributed by atoms with E-state index in [1.807, 2.05) is 26.0 Å². The number of methoxy groups -OCH3 is 1. The minimum Gasteiger partial charge on any atom is -0.497 e. The summed E-state index contributed by atoms with van der Waals surface area (Å²) >= 11 is 0. The fourth-order valence-corrected chi connectivity index (χ4v) is 2.42. The maximum atomic E-state index is 11.5. The van der Waals surface area contributed by atoms with Crippen LogP contribution < -0.4 is 9.47 Å². The Bertz CT molecular complexity index is 644. The van der Waals surface area contributed by atoms with E-state index in [0.717, 1.165) is 16.7 Å². The van der Waals surface area contributed by atoms with Gasteiger partial charge >= 0.3 is 5.97 Å². The largest absolute Gasteiger partial charge is 0.497 e. The van der Waals surface area contributed by atoms with E-state index >= 15 is 0 Å². The van der Waals surface area contributed by atoms with E-state index in [4.69, 9.17) is 9.47 Å². The molecule has 2 rings (SSSR count). The van der Waals surface area contributed by atoms with E-state index in [0.29, 0.717) is 17.9 Å². The van der Waals surface area contributed by atoms with Crippen molar-refractivity contribution in [2.75, 3.05) is 7.11 Å². The highest BCUT2D eigenvalue weighted by Gasteiger charge is 2.20. The molecule has 0 saturated heterocycles. The molecule has 0 bridgehead atoms. The zero-order chi connectivity index (χ0) is 16.1. The Morgan fingerprint density at radius 3 is 2.32 bits per heavy atom. The van der Waals surface area contributed by atoms with Crippen LogP contribution in [0.15, 0.2) is 42.5 Å². The van der Waals surface area contributed by atoms with Crippen LogP contribution in [0.3, 0.4) is 0 Å². The highest BCUT2D eigenvalue weighted by atomic mass is 16.5. The third-order valence-corrected chi connectivity index (χ3v) is 3.30. The van der Waals surface area contributed by atoms with Crippen LogP contribution in [0.2, 0.25) is 0 Å². The van der Waals surface area contributed by atoms with E-state index in [1.54, 1.807) is 31.4 Å². The van der Waals surface area contributed by atoms with E-state index in [-0.39, 0.29) is 0 Å². The average Bonchev–Trinajstić information content (AvgIpc) is 2.45. The second kappa shape index (κ2) is 6.98. The van der Waals surface area contributed by atoms with Gasteiger partial charge in [-0.3, -0.25) is 0 Å². The zero-order valence-corrected chi connectivity index (χ0v) is 13.0. The second-order valence-electron chi connectivity index (χ2n) is 5.32. The van der Waals surface area contributed by atoms with E-state index in [2.05, 4.69) is 6.07 Å². The van der Waals surface area contributed by atoms with Crippen molar-refractivity contribution >= 4 is 5.97 Å². The normalized spacial score (nSPS) is 11.8. The first-order chi connectivity index (χ1) is 10.5. The van der Waals surface area contributed by atoms with Crippen LogP contribution in [0, 0.1) is 13.8 Å². The average molecular weight is 300 g/mol. The third-order valence-electron chi connectivity index (χ3n) is 3.30. The van der Waals surface area contributed by atoms with Gasteiger partial charge in [0.15, 0.2) is 6.10 Å². The van der Waals surface area contributed by atoms with Crippen molar-refractivity contribution in [3.05, 3.63) is 59.2 Å². The number of carboxylic acid groups (broad SMARTS) is 1. The molecule has 0 radical (unpaired) electrons. The molecule has 4 nitrogen and oxygen atoms in total. The SMILES string of the molecule is COc1cccc(O[C@@H](Cc2cc(C)cc(C)c2)C(=O)O)c1. The molecule has 0 heterocycles. The Morgan fingerprint density at radius 1 is 1.09 bits per heavy atom. The van der Waals surface area contributed by atoms with Crippen LogP contribution in [-0.4, -0.2) is 24.3 Å². The van der Waals surface area contributed by atoms with Crippen LogP contribution in [0.25, 0.3) is 0 Å². The molecule has 0 aromatic heterocycles. The van der Waals surface area contributed by atoms with E-state index in [9.17, 15) is 9.90 Å². The molecule has 0 aliphatic rings. The summed E-state index contributed by atoms with van der Waals surface area (Å²) in [6.45, 7) is 3.99. The van der Waals surface area contributed by atoms with Gasteiger partial charge in [-0.2, -0.15) is 0 Å². The topological polar surface area (TPSA) is 55.8 Å². The van der Waals surface area contributed by atoms with Gasteiger partial charge in [-0.1, -0.05) is 35.4 Å². The van der Waals surface area contributed by atoms with Crippen molar-refractivity contribution in [1.29, 1.82) is 0 Å². The van der Waals surface area contributed by atoms with Crippen LogP contribution in [0.4, 0.5) is 0 Å². The predicted octanol–water partition coefficient (Wildman–Crippen LogP) is 3.39. The first kappa shape index (κ1) is 15.9. The highest BCUT2D eigenvalue weighted by Crippen LogP contribution is 2.21. The molecule has 0 unspecified atom stereocenters. The van der Waals surface area contributed by atoms with Gasteiger partial charge in [0.1, 0.15) is 11.5 Å². The summed E-state index contributed by atoms with van der Waals surface area (Å²) in [6.07, 6.45) is -0.622. The van der Waals surface area contributed by atoms with Crippen LogP contribution >= 0.6 is 0 Å². The third kappa shape index (κ3) is 4.25. The number of ether oxygens (including phenoxy) is 2. The first-order valence-corrected chi connectivity index (χ1v) is 7.08. The molecule has 0 saturated carbocycles. The quantitative estimate of drug-likeness (QED) is 0.888. The molecule has 2 aromatic carbocycles. The van der Waals surface area contributed by atoms with Gasteiger partial charge in [-0.25, -0.2) is 4.79 Å². The minimum atomic E-state index is -0.984. The van der Waals surface area contributed by atoms with Gasteiger partial charge < -0.3 is 14.6 Å². The standard InChI is InChI=1S/C18H20O4/c1-12-7-13(2)9-14(8-12)10-17(18(19)20)22-16-6-4-5-15(11-16)21-3/h4-9,11,17H,10H2,1-3H3,(H,19,20)/t17-/m0/s1. The van der Waals surface area contributed by atoms with E-state index < -0.39 is 12.1 Å². The molecule has 1 N–H and O–H groups in total. The van der Waals surface area contributed by atoms with Gasteiger partial charge in [0.2, 0.25) is 0 Å². The van der Waals surface area contributed by atoms with E-state index in [1.165, 1.54) is 0 Å². The monoisotopic (exact) mass is 300 g/mol. The van der Waals surface area contributed by atoms with Crippen molar-refractivity contribution < 1.29 is 19.4 Å². The maximum absolute atomic E-state index is 11.5. The van der Waals surface area contributed by atoms with Crippen molar-refractivity contribution in [1.82, 2.24) is 0 Å². The van der Waals surface area contributed by atoms with Crippen LogP contribution in [-0.2, 0) is 11.2 Å². The molecule has 0 aliphatic heterocycles. The number of aryl methyl sites for hydroxylation is 2. The molecule has 0 aliphatic carbocycles. The minimum absolute atomic E-state index is 0.315. The van der Waals surface area contributed by atoms with Gasteiger partial charge in [0.05, 0.1) is 7.11 Å². The summed E-state index contributed by atoms with van der Waals surface area (Å²) in [4.78, 5) is 11.5. The molecule has 116 valence electrons. The lowest BCUT2D eigenvalue weighted by atomic mass is 10.0. The molecular formula is C18H20O4. The molecule has 0 fully saturated rings. The maximum Gasteiger partial charge on any atom is 0.345 e. The number of rotatable bonds is 6. The zero-order valence-electron chi connectivity index (χ0n) is 13.0. The molecule has 0 amide bonds. The Morgan fingerprint density at radius 2 is 1.73 bits per heavy atom. The first-order valence-electron chi connectivity index (χ1n) is 7.08. The van der Waals surface area contributed by atoms with Crippen LogP contribution in [0.1, 0.15) is 16.7 Å². The summed E-state index contributed by atoms with van der Waals surface area (Å²) in [5.74, 6) is 0.131. The number of hydrogen-bond acceptors (Lipinski definition) is 3. The van der Waals surface area contributed by atoms with Crippen molar-refractivity contribution in [3.63, 3.8) is 0 Å². The number of benzene rings is 2. The summed E-state index contributed by atoms with van der Waals surface area (Å²) in [5, 5.41) is 9.40. The summed E-state index contributed by atoms with van der Waals surface area (Å²) < 4.78 is 10.7. The van der Waals surface area contributed by atoms with Crippen LogP contribution in [0.5, 0.6) is 11.5 Å². The number of carboxylic acids is 1. The van der Waals surface area contributed by atoms with Crippen molar-refractivity contribution in [2.24, 2.45) is 0 Å². The molecule has 1 atom stereocenters.